The van der Waals surface area contributed by atoms with Crippen LogP contribution in [0.4, 0.5) is 11.5 Å². The summed E-state index contributed by atoms with van der Waals surface area (Å²) in [5.41, 5.74) is 1.69. The van der Waals surface area contributed by atoms with Crippen molar-refractivity contribution in [1.29, 1.82) is 0 Å². The average Bonchev–Trinajstić information content (AvgIpc) is 2.60. The fourth-order valence-electron chi connectivity index (χ4n) is 2.16. The van der Waals surface area contributed by atoms with Crippen molar-refractivity contribution in [1.82, 2.24) is 14.9 Å². The number of ketones is 1. The molecule has 6 nitrogen and oxygen atoms in total. The number of nitrogens with zero attached hydrogens (tertiary/aromatic N) is 3. The zero-order valence-electron chi connectivity index (χ0n) is 14.2. The maximum absolute atomic E-state index is 12.2. The van der Waals surface area contributed by atoms with Gasteiger partial charge in [-0.05, 0) is 25.5 Å². The minimum atomic E-state index is -0.138. The molecule has 0 atom stereocenters. The van der Waals surface area contributed by atoms with Crippen LogP contribution in [0, 0.1) is 0 Å². The van der Waals surface area contributed by atoms with Gasteiger partial charge in [-0.15, -0.1) is 0 Å². The molecule has 126 valence electrons. The Morgan fingerprint density at radius 3 is 2.62 bits per heavy atom. The molecule has 1 heterocycles. The number of unbranched alkanes of at least 4 members (excludes halogenated alkanes) is 1. The number of nitrogens with one attached hydrogen (secondary N) is 1. The van der Waals surface area contributed by atoms with E-state index < -0.39 is 0 Å². The number of hydrogen-bond acceptors (Lipinski definition) is 5. The maximum Gasteiger partial charge on any atom is 0.273 e. The van der Waals surface area contributed by atoms with Crippen molar-refractivity contribution in [2.75, 3.05) is 18.9 Å². The predicted octanol–water partition coefficient (Wildman–Crippen LogP) is 3.29. The Labute approximate surface area is 141 Å². The van der Waals surface area contributed by atoms with E-state index in [-0.39, 0.29) is 11.7 Å². The molecule has 0 fully saturated rings. The first-order chi connectivity index (χ1) is 11.5. The minimum Gasteiger partial charge on any atom is -0.340 e. The number of rotatable bonds is 7. The van der Waals surface area contributed by atoms with Crippen LogP contribution in [0.3, 0.4) is 0 Å². The highest BCUT2D eigenvalue weighted by atomic mass is 16.2. The molecule has 6 heteroatoms. The number of hydrogen-bond donors (Lipinski definition) is 1. The topological polar surface area (TPSA) is 75.2 Å². The lowest BCUT2D eigenvalue weighted by atomic mass is 10.1. The second kappa shape index (κ2) is 8.19. The molecule has 0 spiro atoms. The summed E-state index contributed by atoms with van der Waals surface area (Å²) in [5.74, 6) is 0.380. The fraction of sp³-hybridized carbons (Fsp3) is 0.333. The highest BCUT2D eigenvalue weighted by Crippen LogP contribution is 2.16. The Balaban J connectivity index is 2.05. The molecule has 1 N–H and O–H groups in total. The molecule has 0 saturated heterocycles. The van der Waals surface area contributed by atoms with Gasteiger partial charge in [0.05, 0.1) is 12.4 Å². The largest absolute Gasteiger partial charge is 0.340 e. The van der Waals surface area contributed by atoms with Crippen LogP contribution >= 0.6 is 0 Å². The normalized spacial score (nSPS) is 10.3. The molecule has 0 unspecified atom stereocenters. The molecule has 2 rings (SSSR count). The molecule has 1 aromatic heterocycles. The van der Waals surface area contributed by atoms with Crippen LogP contribution in [-0.2, 0) is 0 Å². The van der Waals surface area contributed by atoms with Crippen LogP contribution < -0.4 is 5.32 Å². The van der Waals surface area contributed by atoms with Crippen molar-refractivity contribution in [3.8, 4) is 0 Å². The highest BCUT2D eigenvalue weighted by Gasteiger charge is 2.13. The molecule has 0 aliphatic carbocycles. The molecular weight excluding hydrogens is 304 g/mol. The van der Waals surface area contributed by atoms with E-state index in [1.807, 2.05) is 6.07 Å². The predicted molar refractivity (Wildman–Crippen MR) is 93.6 cm³/mol. The Morgan fingerprint density at radius 2 is 2.00 bits per heavy atom. The Morgan fingerprint density at radius 1 is 1.21 bits per heavy atom. The summed E-state index contributed by atoms with van der Waals surface area (Å²) in [5, 5.41) is 3.08. The summed E-state index contributed by atoms with van der Waals surface area (Å²) in [4.78, 5) is 33.7. The SMILES string of the molecule is CCCCN(C)C(=O)c1cnc(Nc2cccc(C(C)=O)c2)cn1. The van der Waals surface area contributed by atoms with Crippen LogP contribution in [0.1, 0.15) is 47.5 Å². The van der Waals surface area contributed by atoms with Crippen molar-refractivity contribution >= 4 is 23.2 Å². The molecule has 0 aliphatic rings. The van der Waals surface area contributed by atoms with Crippen LogP contribution in [0.2, 0.25) is 0 Å². The number of amides is 1. The van der Waals surface area contributed by atoms with E-state index in [2.05, 4.69) is 22.2 Å². The van der Waals surface area contributed by atoms with E-state index >= 15 is 0 Å². The smallest absolute Gasteiger partial charge is 0.273 e. The number of anilines is 2. The number of aromatic nitrogens is 2. The van der Waals surface area contributed by atoms with Gasteiger partial charge >= 0.3 is 0 Å². The van der Waals surface area contributed by atoms with E-state index in [4.69, 9.17) is 0 Å². The van der Waals surface area contributed by atoms with Gasteiger partial charge in [0, 0.05) is 24.8 Å². The Kier molecular flexibility index (Phi) is 6.01. The van der Waals surface area contributed by atoms with Crippen LogP contribution in [0.15, 0.2) is 36.7 Å². The highest BCUT2D eigenvalue weighted by molar-refractivity contribution is 5.95. The molecule has 24 heavy (non-hydrogen) atoms. The molecule has 0 bridgehead atoms. The van der Waals surface area contributed by atoms with Crippen molar-refractivity contribution in [2.45, 2.75) is 26.7 Å². The van der Waals surface area contributed by atoms with E-state index in [1.165, 1.54) is 19.3 Å². The first kappa shape index (κ1) is 17.6. The summed E-state index contributed by atoms with van der Waals surface area (Å²) in [6.45, 7) is 4.31. The zero-order chi connectivity index (χ0) is 17.5. The van der Waals surface area contributed by atoms with Crippen LogP contribution in [0.25, 0.3) is 0 Å². The van der Waals surface area contributed by atoms with Gasteiger partial charge in [-0.25, -0.2) is 9.97 Å². The van der Waals surface area contributed by atoms with Crippen molar-refractivity contribution in [3.63, 3.8) is 0 Å². The summed E-state index contributed by atoms with van der Waals surface area (Å²) in [6.07, 6.45) is 4.97. The van der Waals surface area contributed by atoms with Gasteiger partial charge in [0.2, 0.25) is 0 Å². The molecular formula is C18H22N4O2. The first-order valence-electron chi connectivity index (χ1n) is 7.96. The van der Waals surface area contributed by atoms with Gasteiger partial charge in [-0.1, -0.05) is 25.5 Å². The molecule has 1 aromatic carbocycles. The number of carbonyl (C=O) groups excluding carboxylic acids is 2. The molecule has 1 amide bonds. The number of carbonyl (C=O) groups is 2. The van der Waals surface area contributed by atoms with Gasteiger partial charge in [0.1, 0.15) is 11.5 Å². The fourth-order valence-corrected chi connectivity index (χ4v) is 2.16. The first-order valence-corrected chi connectivity index (χ1v) is 7.96. The molecule has 2 aromatic rings. The zero-order valence-corrected chi connectivity index (χ0v) is 14.2. The van der Waals surface area contributed by atoms with E-state index in [0.29, 0.717) is 23.6 Å². The van der Waals surface area contributed by atoms with Gasteiger partial charge in [-0.3, -0.25) is 9.59 Å². The maximum atomic E-state index is 12.2. The van der Waals surface area contributed by atoms with E-state index in [9.17, 15) is 9.59 Å². The van der Waals surface area contributed by atoms with Gasteiger partial charge in [0.25, 0.3) is 5.91 Å². The minimum absolute atomic E-state index is 0.000736. The van der Waals surface area contributed by atoms with Crippen molar-refractivity contribution < 1.29 is 9.59 Å². The number of benzene rings is 1. The second-order valence-electron chi connectivity index (χ2n) is 5.63. The third-order valence-corrected chi connectivity index (χ3v) is 3.61. The molecule has 0 saturated carbocycles. The van der Waals surface area contributed by atoms with Gasteiger partial charge in [0.15, 0.2) is 5.78 Å². The average molecular weight is 326 g/mol. The summed E-state index contributed by atoms with van der Waals surface area (Å²) in [6, 6.07) is 7.15. The quantitative estimate of drug-likeness (QED) is 0.790. The van der Waals surface area contributed by atoms with Crippen LogP contribution in [-0.4, -0.2) is 40.2 Å². The summed E-state index contributed by atoms with van der Waals surface area (Å²) in [7, 11) is 1.76. The lowest BCUT2D eigenvalue weighted by molar-refractivity contribution is 0.0787. The van der Waals surface area contributed by atoms with Crippen molar-refractivity contribution in [2.24, 2.45) is 0 Å². The third kappa shape index (κ3) is 4.62. The standard InChI is InChI=1S/C18H22N4O2/c1-4-5-9-22(3)18(24)16-11-20-17(12-19-16)21-15-8-6-7-14(10-15)13(2)23/h6-8,10-12H,4-5,9H2,1-3H3,(H,20,21). The van der Waals surface area contributed by atoms with Crippen LogP contribution in [0.5, 0.6) is 0 Å². The lowest BCUT2D eigenvalue weighted by Crippen LogP contribution is -2.28. The lowest BCUT2D eigenvalue weighted by Gasteiger charge is -2.16. The van der Waals surface area contributed by atoms with E-state index in [0.717, 1.165) is 18.5 Å². The van der Waals surface area contributed by atoms with Gasteiger partial charge < -0.3 is 10.2 Å². The Hall–Kier alpha value is -2.76. The van der Waals surface area contributed by atoms with Gasteiger partial charge in [-0.2, -0.15) is 0 Å². The van der Waals surface area contributed by atoms with Crippen molar-refractivity contribution in [3.05, 3.63) is 47.9 Å². The number of Topliss-reactive ketones (excluding diaryl/α,β-unsaturated/α-hetero) is 1. The molecule has 0 radical (unpaired) electrons. The third-order valence-electron chi connectivity index (χ3n) is 3.61. The second-order valence-corrected chi connectivity index (χ2v) is 5.63. The summed E-state index contributed by atoms with van der Waals surface area (Å²) < 4.78 is 0. The Bertz CT molecular complexity index is 713. The monoisotopic (exact) mass is 326 g/mol. The summed E-state index contributed by atoms with van der Waals surface area (Å²) >= 11 is 0. The van der Waals surface area contributed by atoms with E-state index in [1.54, 1.807) is 30.1 Å². The molecule has 0 aliphatic heterocycles.